The van der Waals surface area contributed by atoms with Crippen molar-refractivity contribution in [1.29, 1.82) is 5.26 Å². The number of rotatable bonds is 10. The van der Waals surface area contributed by atoms with E-state index in [2.05, 4.69) is 71.5 Å². The van der Waals surface area contributed by atoms with E-state index in [9.17, 15) is 10.4 Å². The third kappa shape index (κ3) is 6.85. The average Bonchev–Trinajstić information content (AvgIpc) is 2.98. The minimum Gasteiger partial charge on any atom is -0.495 e. The maximum atomic E-state index is 11.5. The zero-order valence-electron chi connectivity index (χ0n) is 24.3. The number of nitrogens with zero attached hydrogens (tertiary/aromatic N) is 4. The highest BCUT2D eigenvalue weighted by molar-refractivity contribution is 5.69. The van der Waals surface area contributed by atoms with E-state index in [1.165, 1.54) is 5.56 Å². The molecule has 2 heterocycles. The Kier molecular flexibility index (Phi) is 10.1. The zero-order valence-corrected chi connectivity index (χ0v) is 24.3. The van der Waals surface area contributed by atoms with Gasteiger partial charge >= 0.3 is 0 Å². The first-order valence-electron chi connectivity index (χ1n) is 14.4. The number of methoxy groups -OCH3 is 1. The van der Waals surface area contributed by atoms with Crippen molar-refractivity contribution in [1.82, 2.24) is 15.5 Å². The van der Waals surface area contributed by atoms with E-state index in [0.29, 0.717) is 11.5 Å². The van der Waals surface area contributed by atoms with Gasteiger partial charge in [-0.15, -0.1) is 0 Å². The van der Waals surface area contributed by atoms with Crippen molar-refractivity contribution in [3.8, 4) is 11.8 Å². The molecule has 2 atom stereocenters. The first-order valence-corrected chi connectivity index (χ1v) is 14.4. The average molecular weight is 535 g/mol. The molecule has 0 aromatic heterocycles. The van der Waals surface area contributed by atoms with Gasteiger partial charge in [-0.05, 0) is 60.7 Å². The summed E-state index contributed by atoms with van der Waals surface area (Å²) in [5, 5.41) is 28.3. The number of nitrogens with one attached hydrogen (secondary N) is 2. The van der Waals surface area contributed by atoms with Crippen LogP contribution in [0.4, 0.5) is 11.4 Å². The number of ether oxygens (including phenoxy) is 1. The molecule has 8 heteroatoms. The van der Waals surface area contributed by atoms with Crippen LogP contribution < -0.4 is 25.2 Å². The first kappa shape index (κ1) is 29.2. The summed E-state index contributed by atoms with van der Waals surface area (Å²) in [6.45, 7) is 14.6. The molecule has 3 N–H and O–H groups in total. The van der Waals surface area contributed by atoms with Crippen LogP contribution in [0, 0.1) is 11.3 Å². The molecule has 0 aliphatic carbocycles. The van der Waals surface area contributed by atoms with Crippen LogP contribution in [-0.4, -0.2) is 83.1 Å². The van der Waals surface area contributed by atoms with Gasteiger partial charge in [-0.2, -0.15) is 5.26 Å². The Hall–Kier alpha value is -2.83. The molecule has 8 nitrogen and oxygen atoms in total. The first-order chi connectivity index (χ1) is 18.8. The van der Waals surface area contributed by atoms with Crippen molar-refractivity contribution in [3.05, 3.63) is 52.6 Å². The Balaban J connectivity index is 1.50. The molecule has 2 aliphatic heterocycles. The van der Waals surface area contributed by atoms with Crippen LogP contribution in [-0.2, 0) is 0 Å². The summed E-state index contributed by atoms with van der Waals surface area (Å²) in [5.74, 6) is 1.36. The van der Waals surface area contributed by atoms with E-state index in [1.807, 2.05) is 18.0 Å². The number of hydrogen-bond donors (Lipinski definition) is 3. The van der Waals surface area contributed by atoms with E-state index in [-0.39, 0.29) is 5.92 Å². The van der Waals surface area contributed by atoms with Crippen molar-refractivity contribution in [3.63, 3.8) is 0 Å². The molecule has 2 fully saturated rings. The third-order valence-corrected chi connectivity index (χ3v) is 8.23. The standard InChI is InChI=1S/C31H46N6O2/c1-22(2)24-6-7-28(36-14-9-33-10-15-36)27(19-24)31(38)35(4)13-8-23(3)25-18-26(21-32)30(29(20-25)39-5)37-16-11-34-12-17-37/h6-7,18-20,22-23,31,33-34,38H,8-17H2,1-5H3. The van der Waals surface area contributed by atoms with Crippen LogP contribution in [0.5, 0.6) is 5.75 Å². The predicted molar refractivity (Wildman–Crippen MR) is 159 cm³/mol. The van der Waals surface area contributed by atoms with Gasteiger partial charge in [0.15, 0.2) is 0 Å². The van der Waals surface area contributed by atoms with Gasteiger partial charge in [0.2, 0.25) is 0 Å². The second kappa shape index (κ2) is 13.5. The number of hydrogen-bond acceptors (Lipinski definition) is 8. The summed E-state index contributed by atoms with van der Waals surface area (Å²) in [5.41, 5.74) is 6.00. The van der Waals surface area contributed by atoms with E-state index < -0.39 is 6.23 Å². The molecule has 2 aliphatic rings. The maximum absolute atomic E-state index is 11.5. The Labute approximate surface area is 234 Å². The summed E-state index contributed by atoms with van der Waals surface area (Å²) in [6.07, 6.45) is 0.154. The van der Waals surface area contributed by atoms with E-state index in [1.54, 1.807) is 7.11 Å². The largest absolute Gasteiger partial charge is 0.495 e. The highest BCUT2D eigenvalue weighted by atomic mass is 16.5. The zero-order chi connectivity index (χ0) is 27.9. The van der Waals surface area contributed by atoms with Crippen molar-refractivity contribution < 1.29 is 9.84 Å². The van der Waals surface area contributed by atoms with E-state index >= 15 is 0 Å². The monoisotopic (exact) mass is 534 g/mol. The van der Waals surface area contributed by atoms with Gasteiger partial charge in [0.25, 0.3) is 0 Å². The summed E-state index contributed by atoms with van der Waals surface area (Å²) in [6, 6.07) is 13.1. The smallest absolute Gasteiger partial charge is 0.143 e. The molecule has 0 saturated carbocycles. The van der Waals surface area contributed by atoms with Crippen molar-refractivity contribution >= 4 is 11.4 Å². The van der Waals surface area contributed by atoms with Gasteiger partial charge in [0, 0.05) is 70.2 Å². The quantitative estimate of drug-likeness (QED) is 0.399. The van der Waals surface area contributed by atoms with Gasteiger partial charge in [0.1, 0.15) is 18.0 Å². The lowest BCUT2D eigenvalue weighted by molar-refractivity contribution is 0.0195. The van der Waals surface area contributed by atoms with Crippen LogP contribution in [0.25, 0.3) is 0 Å². The molecule has 2 aromatic rings. The van der Waals surface area contributed by atoms with Crippen molar-refractivity contribution in [2.45, 2.75) is 45.3 Å². The molecule has 0 spiro atoms. The second-order valence-electron chi connectivity index (χ2n) is 11.2. The highest BCUT2D eigenvalue weighted by Crippen LogP contribution is 2.37. The minimum atomic E-state index is -0.694. The lowest BCUT2D eigenvalue weighted by atomic mass is 9.94. The van der Waals surface area contributed by atoms with Gasteiger partial charge in [0.05, 0.1) is 18.4 Å². The second-order valence-corrected chi connectivity index (χ2v) is 11.2. The molecular weight excluding hydrogens is 488 g/mol. The van der Waals surface area contributed by atoms with Crippen LogP contribution in [0.1, 0.15) is 67.5 Å². The fourth-order valence-corrected chi connectivity index (χ4v) is 5.63. The third-order valence-electron chi connectivity index (χ3n) is 8.23. The summed E-state index contributed by atoms with van der Waals surface area (Å²) in [4.78, 5) is 6.66. The van der Waals surface area contributed by atoms with Gasteiger partial charge in [-0.25, -0.2) is 0 Å². The van der Waals surface area contributed by atoms with Crippen LogP contribution in [0.15, 0.2) is 30.3 Å². The Morgan fingerprint density at radius 1 is 0.974 bits per heavy atom. The summed E-state index contributed by atoms with van der Waals surface area (Å²) < 4.78 is 5.78. The highest BCUT2D eigenvalue weighted by Gasteiger charge is 2.25. The molecule has 0 amide bonds. The van der Waals surface area contributed by atoms with Crippen molar-refractivity contribution in [2.75, 3.05) is 82.9 Å². The number of piperazine rings is 2. The number of anilines is 2. The molecule has 0 bridgehead atoms. The fourth-order valence-electron chi connectivity index (χ4n) is 5.63. The Morgan fingerprint density at radius 3 is 2.21 bits per heavy atom. The van der Waals surface area contributed by atoms with Gasteiger partial charge < -0.3 is 30.3 Å². The number of aliphatic hydroxyl groups is 1. The molecule has 39 heavy (non-hydrogen) atoms. The number of aliphatic hydroxyl groups excluding tert-OH is 1. The summed E-state index contributed by atoms with van der Waals surface area (Å²) >= 11 is 0. The van der Waals surface area contributed by atoms with Crippen LogP contribution in [0.2, 0.25) is 0 Å². The Bertz CT molecular complexity index is 1130. The lowest BCUT2D eigenvalue weighted by Crippen LogP contribution is -2.44. The lowest BCUT2D eigenvalue weighted by Gasteiger charge is -2.34. The fraction of sp³-hybridized carbons (Fsp3) is 0.581. The summed E-state index contributed by atoms with van der Waals surface area (Å²) in [7, 11) is 3.68. The van der Waals surface area contributed by atoms with Crippen LogP contribution >= 0.6 is 0 Å². The number of nitriles is 1. The molecule has 0 radical (unpaired) electrons. The van der Waals surface area contributed by atoms with Crippen molar-refractivity contribution in [2.24, 2.45) is 0 Å². The van der Waals surface area contributed by atoms with E-state index in [0.717, 1.165) is 93.6 Å². The number of benzene rings is 2. The van der Waals surface area contributed by atoms with Gasteiger partial charge in [-0.1, -0.05) is 26.8 Å². The Morgan fingerprint density at radius 2 is 1.62 bits per heavy atom. The van der Waals surface area contributed by atoms with E-state index in [4.69, 9.17) is 4.74 Å². The topological polar surface area (TPSA) is 87.0 Å². The molecule has 2 unspecified atom stereocenters. The van der Waals surface area contributed by atoms with Crippen LogP contribution in [0.3, 0.4) is 0 Å². The van der Waals surface area contributed by atoms with Gasteiger partial charge in [-0.3, -0.25) is 4.90 Å². The normalized spacial score (nSPS) is 17.8. The predicted octanol–water partition coefficient (Wildman–Crippen LogP) is 3.63. The molecule has 212 valence electrons. The molecule has 2 saturated heterocycles. The molecular formula is C31H46N6O2. The molecule has 4 rings (SSSR count). The minimum absolute atomic E-state index is 0.201. The SMILES string of the molecule is COc1cc(C(C)CCN(C)C(O)c2cc(C(C)C)ccc2N2CCNCC2)cc(C#N)c1N1CCNCC1. The molecule has 2 aromatic carbocycles. The maximum Gasteiger partial charge on any atom is 0.143 e.